The van der Waals surface area contributed by atoms with Crippen molar-refractivity contribution < 1.29 is 64.2 Å². The summed E-state index contributed by atoms with van der Waals surface area (Å²) in [5.41, 5.74) is 0. The first kappa shape index (κ1) is 40.9. The second-order valence-corrected chi connectivity index (χ2v) is 12.6. The van der Waals surface area contributed by atoms with Crippen LogP contribution in [0.25, 0.3) is 0 Å². The van der Waals surface area contributed by atoms with Crippen molar-refractivity contribution in [2.45, 2.75) is 152 Å². The van der Waals surface area contributed by atoms with Crippen LogP contribution in [0.3, 0.4) is 0 Å². The Morgan fingerprint density at radius 1 is 0.696 bits per heavy atom. The maximum absolute atomic E-state index is 11.1. The van der Waals surface area contributed by atoms with Gasteiger partial charge in [-0.2, -0.15) is 0 Å². The zero-order valence-corrected chi connectivity index (χ0v) is 27.6. The third-order valence-electron chi connectivity index (χ3n) is 8.84. The molecular weight excluding hydrogens is 604 g/mol. The molecule has 0 radical (unpaired) electrons. The Kier molecular flexibility index (Phi) is 20.6. The lowest BCUT2D eigenvalue weighted by Gasteiger charge is -2.43. The average molecular weight is 665 g/mol. The Morgan fingerprint density at radius 3 is 1.87 bits per heavy atom. The minimum absolute atomic E-state index is 0.134. The highest BCUT2D eigenvalue weighted by molar-refractivity contribution is 5.68. The molecule has 1 unspecified atom stereocenters. The lowest BCUT2D eigenvalue weighted by atomic mass is 9.91. The summed E-state index contributed by atoms with van der Waals surface area (Å²) >= 11 is 0. The van der Waals surface area contributed by atoms with Crippen LogP contribution in [0.2, 0.25) is 0 Å². The second-order valence-electron chi connectivity index (χ2n) is 12.6. The number of carbonyl (C=O) groups excluding carboxylic acids is 1. The first-order valence-electron chi connectivity index (χ1n) is 17.0. The summed E-state index contributed by atoms with van der Waals surface area (Å²) in [7, 11) is 1.42. The van der Waals surface area contributed by atoms with Gasteiger partial charge in [-0.3, -0.25) is 4.79 Å². The molecular formula is C33H60O13. The van der Waals surface area contributed by atoms with Gasteiger partial charge in [0.2, 0.25) is 0 Å². The van der Waals surface area contributed by atoms with Crippen LogP contribution in [-0.2, 0) is 28.5 Å². The summed E-state index contributed by atoms with van der Waals surface area (Å²) in [5, 5.41) is 70.5. The Bertz CT molecular complexity index is 827. The number of aliphatic hydroxyl groups excluding tert-OH is 7. The topological polar surface area (TPSA) is 205 Å². The summed E-state index contributed by atoms with van der Waals surface area (Å²) in [4.78, 5) is 11.1. The zero-order valence-electron chi connectivity index (χ0n) is 27.6. The van der Waals surface area contributed by atoms with Gasteiger partial charge < -0.3 is 59.4 Å². The van der Waals surface area contributed by atoms with Crippen molar-refractivity contribution >= 4 is 5.97 Å². The predicted molar refractivity (Wildman–Crippen MR) is 168 cm³/mol. The number of unbranched alkanes of at least 4 members (excludes halogenated alkanes) is 9. The second kappa shape index (κ2) is 23.2. The number of ether oxygens (including phenoxy) is 5. The fraction of sp³-hybridized carbons (Fsp3) is 0.909. The molecule has 7 N–H and O–H groups in total. The molecule has 0 aromatic rings. The summed E-state index contributed by atoms with van der Waals surface area (Å²) < 4.78 is 27.7. The van der Waals surface area contributed by atoms with Crippen LogP contribution in [0.4, 0.5) is 0 Å². The molecule has 0 aromatic heterocycles. The molecule has 0 spiro atoms. The van der Waals surface area contributed by atoms with Crippen LogP contribution < -0.4 is 0 Å². The third-order valence-corrected chi connectivity index (χ3v) is 8.84. The number of aliphatic hydroxyl groups is 7. The molecule has 11 atom stereocenters. The Balaban J connectivity index is 1.65. The summed E-state index contributed by atoms with van der Waals surface area (Å²) in [6.07, 6.45) is 6.09. The maximum atomic E-state index is 11.1. The molecule has 46 heavy (non-hydrogen) atoms. The van der Waals surface area contributed by atoms with Gasteiger partial charge in [0, 0.05) is 6.42 Å². The lowest BCUT2D eigenvalue weighted by molar-refractivity contribution is -0.304. The van der Waals surface area contributed by atoms with Gasteiger partial charge in [-0.1, -0.05) is 50.7 Å². The predicted octanol–water partition coefficient (Wildman–Crippen LogP) is 1.11. The molecule has 0 saturated carbocycles. The van der Waals surface area contributed by atoms with Crippen molar-refractivity contribution in [3.63, 3.8) is 0 Å². The van der Waals surface area contributed by atoms with E-state index >= 15 is 0 Å². The van der Waals surface area contributed by atoms with Crippen molar-refractivity contribution in [3.8, 4) is 0 Å². The highest BCUT2D eigenvalue weighted by atomic mass is 16.7. The molecule has 13 heteroatoms. The van der Waals surface area contributed by atoms with Gasteiger partial charge in [0.05, 0.1) is 51.7 Å². The van der Waals surface area contributed by atoms with E-state index in [1.54, 1.807) is 0 Å². The quantitative estimate of drug-likeness (QED) is 0.0465. The average Bonchev–Trinajstić information content (AvgIpc) is 3.05. The Morgan fingerprint density at radius 2 is 1.24 bits per heavy atom. The summed E-state index contributed by atoms with van der Waals surface area (Å²) in [6, 6.07) is 0. The SMILES string of the molecule is COC(=O)CCCCCCC/C=C\CCCCCCC(C)O[C@@H]1O[C@H](CO)[C@@H](O)[C@H](O)[C@H]1COC[C@@H]1O[C@H](CO)[C@@H](O)[C@H](O)[C@H]1O. The third kappa shape index (κ3) is 14.1. The van der Waals surface area contributed by atoms with E-state index in [1.807, 2.05) is 6.92 Å². The minimum atomic E-state index is -1.53. The van der Waals surface area contributed by atoms with E-state index in [-0.39, 0.29) is 25.3 Å². The van der Waals surface area contributed by atoms with Gasteiger partial charge in [-0.05, 0) is 45.4 Å². The first-order valence-corrected chi connectivity index (χ1v) is 17.0. The summed E-state index contributed by atoms with van der Waals surface area (Å²) in [6.45, 7) is 0.481. The molecule has 270 valence electrons. The van der Waals surface area contributed by atoms with Crippen LogP contribution in [0.5, 0.6) is 0 Å². The van der Waals surface area contributed by atoms with E-state index in [4.69, 9.17) is 18.9 Å². The van der Waals surface area contributed by atoms with Crippen molar-refractivity contribution in [1.29, 1.82) is 0 Å². The highest BCUT2D eigenvalue weighted by Gasteiger charge is 2.46. The van der Waals surface area contributed by atoms with E-state index in [2.05, 4.69) is 16.9 Å². The number of rotatable bonds is 23. The number of methoxy groups -OCH3 is 1. The number of hydrogen-bond acceptors (Lipinski definition) is 13. The lowest BCUT2D eigenvalue weighted by Crippen LogP contribution is -2.60. The van der Waals surface area contributed by atoms with E-state index < -0.39 is 74.3 Å². The normalized spacial score (nSPS) is 32.5. The largest absolute Gasteiger partial charge is 0.469 e. The number of carbonyl (C=O) groups is 1. The monoisotopic (exact) mass is 664 g/mol. The Labute approximate surface area is 273 Å². The molecule has 13 nitrogen and oxygen atoms in total. The summed E-state index contributed by atoms with van der Waals surface area (Å²) in [5.74, 6) is -0.950. The molecule has 2 rings (SSSR count). The molecule has 0 bridgehead atoms. The van der Waals surface area contributed by atoms with Gasteiger partial charge in [0.15, 0.2) is 6.29 Å². The number of hydrogen-bond donors (Lipinski definition) is 7. The highest BCUT2D eigenvalue weighted by Crippen LogP contribution is 2.30. The van der Waals surface area contributed by atoms with Crippen molar-refractivity contribution in [1.82, 2.24) is 0 Å². The van der Waals surface area contributed by atoms with Crippen molar-refractivity contribution in [2.24, 2.45) is 5.92 Å². The van der Waals surface area contributed by atoms with E-state index in [0.29, 0.717) is 6.42 Å². The molecule has 2 saturated heterocycles. The van der Waals surface area contributed by atoms with Crippen LogP contribution in [-0.4, -0.2) is 136 Å². The van der Waals surface area contributed by atoms with E-state index in [9.17, 15) is 40.5 Å². The molecule has 0 aliphatic carbocycles. The van der Waals surface area contributed by atoms with Gasteiger partial charge >= 0.3 is 5.97 Å². The number of esters is 1. The molecule has 0 aromatic carbocycles. The van der Waals surface area contributed by atoms with E-state index in [0.717, 1.165) is 70.6 Å². The van der Waals surface area contributed by atoms with Crippen molar-refractivity contribution in [2.75, 3.05) is 33.5 Å². The maximum Gasteiger partial charge on any atom is 0.305 e. The van der Waals surface area contributed by atoms with Crippen molar-refractivity contribution in [3.05, 3.63) is 12.2 Å². The van der Waals surface area contributed by atoms with Crippen LogP contribution in [0, 0.1) is 5.92 Å². The van der Waals surface area contributed by atoms with Gasteiger partial charge in [-0.15, -0.1) is 0 Å². The van der Waals surface area contributed by atoms with E-state index in [1.165, 1.54) is 13.5 Å². The van der Waals surface area contributed by atoms with Crippen LogP contribution in [0.1, 0.15) is 90.4 Å². The fourth-order valence-electron chi connectivity index (χ4n) is 5.83. The fourth-order valence-corrected chi connectivity index (χ4v) is 5.83. The first-order chi connectivity index (χ1) is 22.1. The van der Waals surface area contributed by atoms with Crippen LogP contribution in [0.15, 0.2) is 12.2 Å². The van der Waals surface area contributed by atoms with Gasteiger partial charge in [-0.25, -0.2) is 0 Å². The Hall–Kier alpha value is -1.23. The van der Waals surface area contributed by atoms with Gasteiger partial charge in [0.1, 0.15) is 42.7 Å². The number of allylic oxidation sites excluding steroid dienone is 2. The van der Waals surface area contributed by atoms with Crippen LogP contribution >= 0.6 is 0 Å². The molecule has 2 heterocycles. The molecule has 0 amide bonds. The molecule has 2 aliphatic heterocycles. The smallest absolute Gasteiger partial charge is 0.305 e. The molecule has 2 fully saturated rings. The zero-order chi connectivity index (χ0) is 33.9. The molecule has 2 aliphatic rings. The standard InChI is InChI=1S/C33H60O13/c1-22(16-14-12-10-8-6-4-3-5-7-9-11-13-15-17-27(36)42-2)44-33-23(28(37)29(38)25(19-35)46-33)20-43-21-26-31(40)32(41)30(39)24(18-34)45-26/h3-4,22-26,28-35,37-41H,5-21H2,1-2H3/b4-3-/t22?,23-,24-,25-,26+,28-,29-,30-,31+,32+,33-/m1/s1. The minimum Gasteiger partial charge on any atom is -0.469 e. The van der Waals surface area contributed by atoms with Gasteiger partial charge in [0.25, 0.3) is 0 Å².